The molecule has 1 heterocycles. The number of aromatic nitrogens is 1. The highest BCUT2D eigenvalue weighted by atomic mass is 32.2. The van der Waals surface area contributed by atoms with Gasteiger partial charge in [-0.05, 0) is 12.1 Å². The van der Waals surface area contributed by atoms with Crippen molar-refractivity contribution in [1.82, 2.24) is 4.57 Å². The molecule has 1 unspecified atom stereocenters. The molecule has 9 heavy (non-hydrogen) atoms. The van der Waals surface area contributed by atoms with Gasteiger partial charge in [0.1, 0.15) is 5.03 Å². The Bertz CT molecular complexity index is 231. The second kappa shape index (κ2) is 2.33. The van der Waals surface area contributed by atoms with Gasteiger partial charge in [-0.15, -0.1) is 0 Å². The van der Waals surface area contributed by atoms with Gasteiger partial charge < -0.3 is 9.12 Å². The number of hydrogen-bond donors (Lipinski definition) is 1. The Morgan fingerprint density at radius 1 is 1.78 bits per heavy atom. The van der Waals surface area contributed by atoms with Gasteiger partial charge in [0.25, 0.3) is 0 Å². The highest BCUT2D eigenvalue weighted by molar-refractivity contribution is 7.79. The minimum absolute atomic E-state index is 0.426. The van der Waals surface area contributed by atoms with Crippen LogP contribution in [0.4, 0.5) is 0 Å². The molecule has 0 saturated carbocycles. The highest BCUT2D eigenvalue weighted by Crippen LogP contribution is 2.02. The fraction of sp³-hybridized carbons (Fsp3) is 0.200. The third kappa shape index (κ3) is 1.20. The monoisotopic (exact) mass is 145 g/mol. The van der Waals surface area contributed by atoms with Crippen LogP contribution in [-0.2, 0) is 18.1 Å². The summed E-state index contributed by atoms with van der Waals surface area (Å²) in [6, 6.07) is 3.33. The Kier molecular flexibility index (Phi) is 1.68. The maximum atomic E-state index is 10.4. The molecule has 0 radical (unpaired) electrons. The summed E-state index contributed by atoms with van der Waals surface area (Å²) in [5.74, 6) is 0. The minimum atomic E-state index is -1.85. The third-order valence-electron chi connectivity index (χ3n) is 1.08. The fourth-order valence-corrected chi connectivity index (χ4v) is 1.13. The van der Waals surface area contributed by atoms with Gasteiger partial charge >= 0.3 is 0 Å². The van der Waals surface area contributed by atoms with Crippen molar-refractivity contribution < 1.29 is 8.76 Å². The number of hydrogen-bond acceptors (Lipinski definition) is 1. The Balaban J connectivity index is 3.08. The highest BCUT2D eigenvalue weighted by Gasteiger charge is 2.00. The third-order valence-corrected chi connectivity index (χ3v) is 1.86. The lowest BCUT2D eigenvalue weighted by atomic mass is 10.7. The van der Waals surface area contributed by atoms with E-state index < -0.39 is 11.1 Å². The van der Waals surface area contributed by atoms with Crippen molar-refractivity contribution >= 4 is 11.1 Å². The summed E-state index contributed by atoms with van der Waals surface area (Å²) >= 11 is -1.85. The molecule has 50 valence electrons. The van der Waals surface area contributed by atoms with Crippen LogP contribution < -0.4 is 0 Å². The molecule has 1 aromatic rings. The molecule has 0 aromatic carbocycles. The summed E-state index contributed by atoms with van der Waals surface area (Å²) in [6.45, 7) is 0. The van der Waals surface area contributed by atoms with Crippen molar-refractivity contribution in [3.63, 3.8) is 0 Å². The van der Waals surface area contributed by atoms with Gasteiger partial charge in [-0.25, -0.2) is 4.21 Å². The lowest BCUT2D eigenvalue weighted by Gasteiger charge is -1.93. The number of aryl methyl sites for hydroxylation is 1. The Labute approximate surface area is 55.6 Å². The first kappa shape index (κ1) is 6.51. The van der Waals surface area contributed by atoms with E-state index in [0.717, 1.165) is 0 Å². The standard InChI is InChI=1S/C5H7NO2S/c1-6-4-2-3-5(6)9(7)8/h2-4H,1H3,(H,7,8). The summed E-state index contributed by atoms with van der Waals surface area (Å²) in [7, 11) is 1.73. The van der Waals surface area contributed by atoms with Crippen LogP contribution in [0.15, 0.2) is 23.4 Å². The van der Waals surface area contributed by atoms with E-state index in [0.29, 0.717) is 5.03 Å². The fourth-order valence-electron chi connectivity index (χ4n) is 0.627. The molecule has 3 nitrogen and oxygen atoms in total. The predicted octanol–water partition coefficient (Wildman–Crippen LogP) is 0.606. The second-order valence-electron chi connectivity index (χ2n) is 1.71. The van der Waals surface area contributed by atoms with Crippen LogP contribution in [0.3, 0.4) is 0 Å². The molecule has 1 atom stereocenters. The molecule has 0 aliphatic carbocycles. The van der Waals surface area contributed by atoms with Gasteiger partial charge in [0, 0.05) is 13.2 Å². The average Bonchev–Trinajstić information content (AvgIpc) is 2.13. The summed E-state index contributed by atoms with van der Waals surface area (Å²) in [5.41, 5.74) is 0. The van der Waals surface area contributed by atoms with Crippen LogP contribution in [0.5, 0.6) is 0 Å². The van der Waals surface area contributed by atoms with Crippen molar-refractivity contribution in [2.75, 3.05) is 0 Å². The largest absolute Gasteiger partial charge is 0.342 e. The minimum Gasteiger partial charge on any atom is -0.342 e. The molecule has 0 spiro atoms. The molecular formula is C5H7NO2S. The zero-order chi connectivity index (χ0) is 6.85. The first-order chi connectivity index (χ1) is 4.22. The van der Waals surface area contributed by atoms with E-state index in [1.807, 2.05) is 0 Å². The van der Waals surface area contributed by atoms with Crippen LogP contribution in [0.1, 0.15) is 0 Å². The summed E-state index contributed by atoms with van der Waals surface area (Å²) in [4.78, 5) is 0. The molecule has 0 amide bonds. The van der Waals surface area contributed by atoms with Gasteiger partial charge in [-0.3, -0.25) is 0 Å². The van der Waals surface area contributed by atoms with Crippen LogP contribution in [0.25, 0.3) is 0 Å². The van der Waals surface area contributed by atoms with Crippen LogP contribution in [-0.4, -0.2) is 13.3 Å². The molecule has 0 saturated heterocycles. The molecular weight excluding hydrogens is 138 g/mol. The Hall–Kier alpha value is -0.610. The predicted molar refractivity (Wildman–Crippen MR) is 34.5 cm³/mol. The van der Waals surface area contributed by atoms with Crippen molar-refractivity contribution in [2.24, 2.45) is 7.05 Å². The first-order valence-electron chi connectivity index (χ1n) is 2.44. The van der Waals surface area contributed by atoms with Crippen molar-refractivity contribution in [2.45, 2.75) is 5.03 Å². The van der Waals surface area contributed by atoms with E-state index in [2.05, 4.69) is 0 Å². The van der Waals surface area contributed by atoms with E-state index in [9.17, 15) is 4.21 Å². The van der Waals surface area contributed by atoms with Gasteiger partial charge in [-0.2, -0.15) is 0 Å². The first-order valence-corrected chi connectivity index (χ1v) is 3.54. The second-order valence-corrected chi connectivity index (χ2v) is 2.62. The molecule has 0 aliphatic rings. The van der Waals surface area contributed by atoms with Crippen LogP contribution in [0.2, 0.25) is 0 Å². The zero-order valence-electron chi connectivity index (χ0n) is 4.94. The van der Waals surface area contributed by atoms with Crippen molar-refractivity contribution in [3.05, 3.63) is 18.3 Å². The average molecular weight is 145 g/mol. The smallest absolute Gasteiger partial charge is 0.203 e. The molecule has 4 heteroatoms. The van der Waals surface area contributed by atoms with E-state index in [1.165, 1.54) is 0 Å². The van der Waals surface area contributed by atoms with Gasteiger partial charge in [0.2, 0.25) is 11.1 Å². The molecule has 0 aliphatic heterocycles. The normalized spacial score (nSPS) is 13.6. The molecule has 0 fully saturated rings. The number of nitrogens with zero attached hydrogens (tertiary/aromatic N) is 1. The molecule has 1 rings (SSSR count). The van der Waals surface area contributed by atoms with E-state index >= 15 is 0 Å². The Morgan fingerprint density at radius 2 is 2.44 bits per heavy atom. The zero-order valence-corrected chi connectivity index (χ0v) is 5.76. The van der Waals surface area contributed by atoms with E-state index in [4.69, 9.17) is 4.55 Å². The molecule has 1 N–H and O–H groups in total. The lowest BCUT2D eigenvalue weighted by molar-refractivity contribution is 0.554. The van der Waals surface area contributed by atoms with Crippen molar-refractivity contribution in [1.29, 1.82) is 0 Å². The molecule has 0 bridgehead atoms. The van der Waals surface area contributed by atoms with Gasteiger partial charge in [0.15, 0.2) is 0 Å². The summed E-state index contributed by atoms with van der Waals surface area (Å²) in [5, 5.41) is 0.426. The summed E-state index contributed by atoms with van der Waals surface area (Å²) < 4.78 is 20.5. The van der Waals surface area contributed by atoms with Crippen LogP contribution >= 0.6 is 0 Å². The quantitative estimate of drug-likeness (QED) is 0.588. The van der Waals surface area contributed by atoms with E-state index in [1.54, 1.807) is 29.9 Å². The van der Waals surface area contributed by atoms with Gasteiger partial charge in [-0.1, -0.05) is 0 Å². The number of rotatable bonds is 1. The maximum Gasteiger partial charge on any atom is 0.203 e. The van der Waals surface area contributed by atoms with Gasteiger partial charge in [0.05, 0.1) is 0 Å². The maximum absolute atomic E-state index is 10.4. The summed E-state index contributed by atoms with van der Waals surface area (Å²) in [6.07, 6.45) is 1.73. The Morgan fingerprint density at radius 3 is 2.67 bits per heavy atom. The SMILES string of the molecule is Cn1cccc1S(=O)O. The lowest BCUT2D eigenvalue weighted by Crippen LogP contribution is -1.95. The van der Waals surface area contributed by atoms with Crippen LogP contribution in [0, 0.1) is 0 Å². The van der Waals surface area contributed by atoms with Crippen molar-refractivity contribution in [3.8, 4) is 0 Å². The topological polar surface area (TPSA) is 42.2 Å². The molecule has 1 aromatic heterocycles. The van der Waals surface area contributed by atoms with E-state index in [-0.39, 0.29) is 0 Å².